The van der Waals surface area contributed by atoms with Crippen molar-refractivity contribution in [2.45, 2.75) is 50.5 Å². The van der Waals surface area contributed by atoms with E-state index in [1.807, 2.05) is 0 Å². The Hall–Kier alpha value is -3.31. The van der Waals surface area contributed by atoms with E-state index in [0.29, 0.717) is 22.3 Å². The second-order valence-electron chi connectivity index (χ2n) is 8.28. The summed E-state index contributed by atoms with van der Waals surface area (Å²) in [4.78, 5) is 13.1. The first kappa shape index (κ1) is 21.9. The van der Waals surface area contributed by atoms with Crippen molar-refractivity contribution in [1.29, 1.82) is 5.26 Å². The maximum Gasteiger partial charge on any atom is 0.416 e. The Kier molecular flexibility index (Phi) is 5.94. The van der Waals surface area contributed by atoms with E-state index in [2.05, 4.69) is 11.4 Å². The number of nitriles is 1. The van der Waals surface area contributed by atoms with Crippen molar-refractivity contribution < 1.29 is 18.0 Å². The Morgan fingerprint density at radius 2 is 1.78 bits per heavy atom. The van der Waals surface area contributed by atoms with Gasteiger partial charge in [0, 0.05) is 24.0 Å². The molecule has 0 spiro atoms. The van der Waals surface area contributed by atoms with Gasteiger partial charge in [0.15, 0.2) is 0 Å². The minimum Gasteiger partial charge on any atom is -0.348 e. The van der Waals surface area contributed by atoms with Crippen LogP contribution in [0.25, 0.3) is 10.9 Å². The Morgan fingerprint density at radius 1 is 1.09 bits per heavy atom. The number of benzene rings is 2. The van der Waals surface area contributed by atoms with Crippen LogP contribution in [0.2, 0.25) is 0 Å². The topological polar surface area (TPSA) is 83.8 Å². The zero-order valence-corrected chi connectivity index (χ0v) is 17.3. The molecule has 3 N–H and O–H groups in total. The average Bonchev–Trinajstić information content (AvgIpc) is 3.12. The van der Waals surface area contributed by atoms with Gasteiger partial charge in [-0.05, 0) is 61.6 Å². The van der Waals surface area contributed by atoms with E-state index in [4.69, 9.17) is 5.73 Å². The number of rotatable bonds is 4. The number of amides is 1. The lowest BCUT2D eigenvalue weighted by Gasteiger charge is -2.27. The van der Waals surface area contributed by atoms with Crippen LogP contribution in [0.3, 0.4) is 0 Å². The Labute approximate surface area is 183 Å². The third kappa shape index (κ3) is 4.63. The minimum atomic E-state index is -4.41. The fourth-order valence-corrected chi connectivity index (χ4v) is 4.19. The second kappa shape index (κ2) is 8.67. The van der Waals surface area contributed by atoms with E-state index in [0.717, 1.165) is 43.2 Å². The van der Waals surface area contributed by atoms with Crippen molar-refractivity contribution in [2.24, 2.45) is 5.73 Å². The fourth-order valence-electron chi connectivity index (χ4n) is 4.19. The number of carbonyl (C=O) groups is 1. The largest absolute Gasteiger partial charge is 0.416 e. The summed E-state index contributed by atoms with van der Waals surface area (Å²) in [5.41, 5.74) is 7.38. The minimum absolute atomic E-state index is 0.0366. The molecule has 0 bridgehead atoms. The fraction of sp³-hybridized carbons (Fsp3) is 0.333. The van der Waals surface area contributed by atoms with Crippen LogP contribution in [-0.2, 0) is 12.7 Å². The molecule has 1 fully saturated rings. The molecule has 0 radical (unpaired) electrons. The van der Waals surface area contributed by atoms with E-state index >= 15 is 0 Å². The Balaban J connectivity index is 1.67. The number of halogens is 3. The lowest BCUT2D eigenvalue weighted by Crippen LogP contribution is -2.41. The smallest absolute Gasteiger partial charge is 0.348 e. The van der Waals surface area contributed by atoms with Crippen LogP contribution in [0.5, 0.6) is 0 Å². The third-order valence-electron chi connectivity index (χ3n) is 5.99. The van der Waals surface area contributed by atoms with Gasteiger partial charge in [-0.25, -0.2) is 0 Å². The first-order valence-electron chi connectivity index (χ1n) is 10.5. The molecule has 1 aliphatic carbocycles. The predicted octanol–water partition coefficient (Wildman–Crippen LogP) is 4.58. The molecule has 8 heteroatoms. The standard InChI is InChI=1S/C24H23F3N4O/c25-24(26,27)18-5-2-15(3-6-18)14-31-21-11-16(13-28)1-4-17(21)12-22(31)23(32)30-20-9-7-19(29)8-10-20/h1-6,11-12,19-20H,7-10,14,29H2,(H,30,32)/t19-,20-. The second-order valence-corrected chi connectivity index (χ2v) is 8.28. The van der Waals surface area contributed by atoms with Crippen LogP contribution in [-0.4, -0.2) is 22.6 Å². The monoisotopic (exact) mass is 440 g/mol. The van der Waals surface area contributed by atoms with Gasteiger partial charge in [0.2, 0.25) is 0 Å². The highest BCUT2D eigenvalue weighted by molar-refractivity contribution is 5.99. The molecule has 0 atom stereocenters. The van der Waals surface area contributed by atoms with E-state index in [1.165, 1.54) is 12.1 Å². The van der Waals surface area contributed by atoms with Crippen molar-refractivity contribution in [2.75, 3.05) is 0 Å². The summed E-state index contributed by atoms with van der Waals surface area (Å²) in [5, 5.41) is 13.1. The average molecular weight is 440 g/mol. The maximum atomic E-state index is 13.1. The molecule has 1 aliphatic rings. The van der Waals surface area contributed by atoms with Crippen LogP contribution in [0.1, 0.15) is 52.9 Å². The van der Waals surface area contributed by atoms with Crippen LogP contribution in [0.15, 0.2) is 48.5 Å². The van der Waals surface area contributed by atoms with Gasteiger partial charge in [-0.3, -0.25) is 4.79 Å². The van der Waals surface area contributed by atoms with E-state index in [-0.39, 0.29) is 24.5 Å². The van der Waals surface area contributed by atoms with Crippen LogP contribution in [0, 0.1) is 11.3 Å². The number of aromatic nitrogens is 1. The maximum absolute atomic E-state index is 13.1. The molecule has 32 heavy (non-hydrogen) atoms. The molecule has 1 heterocycles. The quantitative estimate of drug-likeness (QED) is 0.623. The number of carbonyl (C=O) groups excluding carboxylic acids is 1. The van der Waals surface area contributed by atoms with Crippen molar-refractivity contribution in [3.05, 3.63) is 70.9 Å². The summed E-state index contributed by atoms with van der Waals surface area (Å²) < 4.78 is 40.5. The van der Waals surface area contributed by atoms with Gasteiger partial charge in [0.1, 0.15) is 5.69 Å². The van der Waals surface area contributed by atoms with Crippen LogP contribution >= 0.6 is 0 Å². The van der Waals surface area contributed by atoms with Crippen molar-refractivity contribution in [3.63, 3.8) is 0 Å². The van der Waals surface area contributed by atoms with E-state index < -0.39 is 11.7 Å². The highest BCUT2D eigenvalue weighted by atomic mass is 19.4. The van der Waals surface area contributed by atoms with Gasteiger partial charge in [-0.2, -0.15) is 18.4 Å². The molecule has 1 aromatic heterocycles. The van der Waals surface area contributed by atoms with E-state index in [1.54, 1.807) is 28.8 Å². The number of alkyl halides is 3. The summed E-state index contributed by atoms with van der Waals surface area (Å²) in [6.45, 7) is 0.203. The SMILES string of the molecule is N#Cc1ccc2cc(C(=O)N[C@H]3CC[C@H](N)CC3)n(Cc3ccc(C(F)(F)F)cc3)c2c1. The molecule has 166 valence electrons. The number of hydrogen-bond donors (Lipinski definition) is 2. The lowest BCUT2D eigenvalue weighted by atomic mass is 9.92. The number of nitrogens with two attached hydrogens (primary N) is 1. The normalized spacial score (nSPS) is 19.0. The lowest BCUT2D eigenvalue weighted by molar-refractivity contribution is -0.137. The molecule has 3 aromatic rings. The molecule has 2 aromatic carbocycles. The molecule has 0 aliphatic heterocycles. The highest BCUT2D eigenvalue weighted by Gasteiger charge is 2.30. The predicted molar refractivity (Wildman–Crippen MR) is 115 cm³/mol. The van der Waals surface area contributed by atoms with E-state index in [9.17, 15) is 23.2 Å². The van der Waals surface area contributed by atoms with Crippen molar-refractivity contribution in [3.8, 4) is 6.07 Å². The Morgan fingerprint density at radius 3 is 2.41 bits per heavy atom. The number of hydrogen-bond acceptors (Lipinski definition) is 3. The van der Waals surface area contributed by atoms with Crippen LogP contribution < -0.4 is 11.1 Å². The third-order valence-corrected chi connectivity index (χ3v) is 5.99. The zero-order chi connectivity index (χ0) is 22.9. The number of nitrogens with zero attached hydrogens (tertiary/aromatic N) is 2. The van der Waals surface area contributed by atoms with Crippen molar-refractivity contribution in [1.82, 2.24) is 9.88 Å². The van der Waals surface area contributed by atoms with Crippen LogP contribution in [0.4, 0.5) is 13.2 Å². The molecule has 0 unspecified atom stereocenters. The Bertz CT molecular complexity index is 1170. The molecular weight excluding hydrogens is 417 g/mol. The summed E-state index contributed by atoms with van der Waals surface area (Å²) in [5.74, 6) is -0.243. The van der Waals surface area contributed by atoms with Gasteiger partial charge >= 0.3 is 6.18 Å². The molecule has 4 rings (SSSR count). The van der Waals surface area contributed by atoms with Gasteiger partial charge < -0.3 is 15.6 Å². The first-order valence-corrected chi connectivity index (χ1v) is 10.5. The molecule has 1 saturated carbocycles. The molecule has 1 amide bonds. The first-order chi connectivity index (χ1) is 15.2. The van der Waals surface area contributed by atoms with Gasteiger partial charge in [-0.1, -0.05) is 18.2 Å². The van der Waals surface area contributed by atoms with Gasteiger partial charge in [0.05, 0.1) is 22.7 Å². The molecular formula is C24H23F3N4O. The summed E-state index contributed by atoms with van der Waals surface area (Å²) >= 11 is 0. The molecule has 0 saturated heterocycles. The van der Waals surface area contributed by atoms with Gasteiger partial charge in [0.25, 0.3) is 5.91 Å². The molecule has 5 nitrogen and oxygen atoms in total. The zero-order valence-electron chi connectivity index (χ0n) is 17.3. The summed E-state index contributed by atoms with van der Waals surface area (Å²) in [7, 11) is 0. The number of nitrogens with one attached hydrogen (secondary N) is 1. The summed E-state index contributed by atoms with van der Waals surface area (Å²) in [6.07, 6.45) is -1.08. The van der Waals surface area contributed by atoms with Crippen molar-refractivity contribution >= 4 is 16.8 Å². The highest BCUT2D eigenvalue weighted by Crippen LogP contribution is 2.30. The summed E-state index contributed by atoms with van der Waals surface area (Å²) in [6, 6.07) is 14.1. The van der Waals surface area contributed by atoms with Gasteiger partial charge in [-0.15, -0.1) is 0 Å². The number of fused-ring (bicyclic) bond motifs is 1.